The first-order valence-corrected chi connectivity index (χ1v) is 6.53. The van der Waals surface area contributed by atoms with Crippen LogP contribution in [0.2, 0.25) is 0 Å². The summed E-state index contributed by atoms with van der Waals surface area (Å²) in [7, 11) is 0. The highest BCUT2D eigenvalue weighted by atomic mass is 32.1. The van der Waals surface area contributed by atoms with Gasteiger partial charge in [-0.1, -0.05) is 12.1 Å². The lowest BCUT2D eigenvalue weighted by Crippen LogP contribution is -2.58. The highest BCUT2D eigenvalue weighted by molar-refractivity contribution is 7.80. The van der Waals surface area contributed by atoms with Crippen molar-refractivity contribution in [1.29, 1.82) is 0 Å². The average Bonchev–Trinajstić information content (AvgIpc) is 2.29. The quantitative estimate of drug-likeness (QED) is 0.446. The molecule has 0 aliphatic rings. The zero-order valence-electron chi connectivity index (χ0n) is 11.7. The maximum atomic E-state index is 12.1. The van der Waals surface area contributed by atoms with Gasteiger partial charge in [0.15, 0.2) is 0 Å². The van der Waals surface area contributed by atoms with Crippen molar-refractivity contribution in [2.75, 3.05) is 0 Å². The van der Waals surface area contributed by atoms with Crippen molar-refractivity contribution in [3.63, 3.8) is 0 Å². The van der Waals surface area contributed by atoms with Gasteiger partial charge in [-0.2, -0.15) is 0 Å². The molecule has 1 aromatic rings. The molecule has 20 heavy (non-hydrogen) atoms. The van der Waals surface area contributed by atoms with Crippen LogP contribution in [-0.4, -0.2) is 28.2 Å². The van der Waals surface area contributed by atoms with E-state index in [1.54, 1.807) is 45.0 Å². The van der Waals surface area contributed by atoms with Crippen LogP contribution in [0.3, 0.4) is 0 Å². The summed E-state index contributed by atoms with van der Waals surface area (Å²) in [5.74, 6) is -2.37. The van der Waals surface area contributed by atoms with Crippen LogP contribution in [0.4, 0.5) is 0 Å². The van der Waals surface area contributed by atoms with Crippen LogP contribution in [0.1, 0.15) is 26.3 Å². The van der Waals surface area contributed by atoms with Gasteiger partial charge in [0.1, 0.15) is 5.60 Å². The first-order chi connectivity index (χ1) is 9.04. The van der Waals surface area contributed by atoms with Crippen molar-refractivity contribution >= 4 is 24.6 Å². The molecular formula is C14H19NO4S. The minimum atomic E-state index is -2.11. The number of carbonyl (C=O) groups excluding carboxylic acids is 1. The lowest BCUT2D eigenvalue weighted by Gasteiger charge is -2.28. The lowest BCUT2D eigenvalue weighted by atomic mass is 9.91. The third kappa shape index (κ3) is 4.25. The number of aliphatic carboxylic acids is 1. The fourth-order valence-corrected chi connectivity index (χ4v) is 1.69. The molecule has 0 saturated carbocycles. The maximum Gasteiger partial charge on any atom is 0.338 e. The van der Waals surface area contributed by atoms with Gasteiger partial charge in [0.05, 0.1) is 0 Å². The highest BCUT2D eigenvalue weighted by Gasteiger charge is 2.45. The first kappa shape index (κ1) is 16.5. The molecule has 1 aromatic carbocycles. The predicted octanol–water partition coefficient (Wildman–Crippen LogP) is 1.64. The summed E-state index contributed by atoms with van der Waals surface area (Å²) >= 11 is 4.14. The van der Waals surface area contributed by atoms with Gasteiger partial charge in [-0.25, -0.2) is 9.59 Å². The summed E-state index contributed by atoms with van der Waals surface area (Å²) in [4.78, 5) is 24.2. The fourth-order valence-electron chi connectivity index (χ4n) is 1.54. The van der Waals surface area contributed by atoms with Crippen molar-refractivity contribution in [3.05, 3.63) is 29.8 Å². The SMILES string of the molecule is CC(C)(C)OC(=O)C(N)(Cc1ccc(S)cc1)C(=O)O. The molecule has 0 aliphatic carbocycles. The van der Waals surface area contributed by atoms with E-state index < -0.39 is 23.1 Å². The molecule has 0 aliphatic heterocycles. The smallest absolute Gasteiger partial charge is 0.338 e. The number of carboxylic acid groups (broad SMARTS) is 1. The summed E-state index contributed by atoms with van der Waals surface area (Å²) in [5.41, 5.74) is 3.49. The molecule has 3 N–H and O–H groups in total. The summed E-state index contributed by atoms with van der Waals surface area (Å²) in [5, 5.41) is 9.27. The summed E-state index contributed by atoms with van der Waals surface area (Å²) < 4.78 is 5.10. The number of benzene rings is 1. The second-order valence-corrected chi connectivity index (χ2v) is 6.14. The van der Waals surface area contributed by atoms with E-state index in [2.05, 4.69) is 12.6 Å². The molecule has 0 saturated heterocycles. The molecular weight excluding hydrogens is 278 g/mol. The highest BCUT2D eigenvalue weighted by Crippen LogP contribution is 2.19. The third-order valence-electron chi connectivity index (χ3n) is 2.56. The van der Waals surface area contributed by atoms with E-state index in [4.69, 9.17) is 10.5 Å². The Kier molecular flexibility index (Phi) is 4.83. The number of ether oxygens (including phenoxy) is 1. The van der Waals surface area contributed by atoms with E-state index in [9.17, 15) is 14.7 Å². The number of thiol groups is 1. The number of carbonyl (C=O) groups is 2. The molecule has 5 nitrogen and oxygen atoms in total. The topological polar surface area (TPSA) is 89.6 Å². The second-order valence-electron chi connectivity index (χ2n) is 5.62. The van der Waals surface area contributed by atoms with E-state index in [0.29, 0.717) is 5.56 Å². The predicted molar refractivity (Wildman–Crippen MR) is 77.8 cm³/mol. The van der Waals surface area contributed by atoms with E-state index in [1.807, 2.05) is 0 Å². The number of hydrogen-bond donors (Lipinski definition) is 3. The number of rotatable bonds is 4. The van der Waals surface area contributed by atoms with Gasteiger partial charge < -0.3 is 15.6 Å². The van der Waals surface area contributed by atoms with Gasteiger partial charge in [0, 0.05) is 11.3 Å². The third-order valence-corrected chi connectivity index (χ3v) is 2.86. The monoisotopic (exact) mass is 297 g/mol. The van der Waals surface area contributed by atoms with Crippen LogP contribution >= 0.6 is 12.6 Å². The first-order valence-electron chi connectivity index (χ1n) is 6.08. The molecule has 0 amide bonds. The van der Waals surface area contributed by atoms with E-state index >= 15 is 0 Å². The summed E-state index contributed by atoms with van der Waals surface area (Å²) in [6.45, 7) is 4.97. The van der Waals surface area contributed by atoms with Crippen molar-refractivity contribution in [1.82, 2.24) is 0 Å². The Morgan fingerprint density at radius 3 is 2.15 bits per heavy atom. The van der Waals surface area contributed by atoms with Gasteiger partial charge in [0.25, 0.3) is 0 Å². The largest absolute Gasteiger partial charge is 0.479 e. The number of esters is 1. The Labute approximate surface area is 123 Å². The van der Waals surface area contributed by atoms with Crippen molar-refractivity contribution in [2.45, 2.75) is 43.2 Å². The van der Waals surface area contributed by atoms with Crippen molar-refractivity contribution in [2.24, 2.45) is 5.73 Å². The standard InChI is InChI=1S/C14H19NO4S/c1-13(2,3)19-12(18)14(15,11(16)17)8-9-4-6-10(20)7-5-9/h4-7,20H,8,15H2,1-3H3,(H,16,17). The second kappa shape index (κ2) is 5.85. The van der Waals surface area contributed by atoms with Crippen LogP contribution in [0.25, 0.3) is 0 Å². The van der Waals surface area contributed by atoms with Crippen LogP contribution in [0, 0.1) is 0 Å². The minimum Gasteiger partial charge on any atom is -0.479 e. The molecule has 0 spiro atoms. The van der Waals surface area contributed by atoms with Crippen molar-refractivity contribution < 1.29 is 19.4 Å². The van der Waals surface area contributed by atoms with Crippen LogP contribution in [0.5, 0.6) is 0 Å². The number of hydrogen-bond acceptors (Lipinski definition) is 5. The van der Waals surface area contributed by atoms with Crippen molar-refractivity contribution in [3.8, 4) is 0 Å². The van der Waals surface area contributed by atoms with Crippen LogP contribution < -0.4 is 5.73 Å². The molecule has 0 aromatic heterocycles. The Bertz CT molecular complexity index is 507. The zero-order valence-corrected chi connectivity index (χ0v) is 12.6. The molecule has 6 heteroatoms. The molecule has 1 rings (SSSR count). The normalized spacial score (nSPS) is 14.4. The van der Waals surface area contributed by atoms with Gasteiger partial charge >= 0.3 is 11.9 Å². The van der Waals surface area contributed by atoms with E-state index in [1.165, 1.54) is 0 Å². The molecule has 110 valence electrons. The molecule has 0 bridgehead atoms. The molecule has 0 fully saturated rings. The average molecular weight is 297 g/mol. The molecule has 1 atom stereocenters. The Morgan fingerprint density at radius 2 is 1.75 bits per heavy atom. The van der Waals surface area contributed by atoms with Gasteiger partial charge in [0.2, 0.25) is 5.54 Å². The van der Waals surface area contributed by atoms with Gasteiger partial charge in [-0.15, -0.1) is 12.6 Å². The summed E-state index contributed by atoms with van der Waals surface area (Å²) in [6.07, 6.45) is -0.148. The number of nitrogens with two attached hydrogens (primary N) is 1. The number of carboxylic acids is 1. The zero-order chi connectivity index (χ0) is 15.6. The Morgan fingerprint density at radius 1 is 1.25 bits per heavy atom. The molecule has 1 unspecified atom stereocenters. The fraction of sp³-hybridized carbons (Fsp3) is 0.429. The minimum absolute atomic E-state index is 0.148. The van der Waals surface area contributed by atoms with Gasteiger partial charge in [-0.05, 0) is 38.5 Å². The van der Waals surface area contributed by atoms with E-state index in [0.717, 1.165) is 4.90 Å². The lowest BCUT2D eigenvalue weighted by molar-refractivity contribution is -0.169. The van der Waals surface area contributed by atoms with Crippen LogP contribution in [0.15, 0.2) is 29.2 Å². The Balaban J connectivity index is 3.00. The maximum absolute atomic E-state index is 12.1. The van der Waals surface area contributed by atoms with E-state index in [-0.39, 0.29) is 6.42 Å². The summed E-state index contributed by atoms with van der Waals surface area (Å²) in [6, 6.07) is 6.76. The molecule has 0 heterocycles. The molecule has 0 radical (unpaired) electrons. The van der Waals surface area contributed by atoms with Crippen LogP contribution in [-0.2, 0) is 20.7 Å². The Hall–Kier alpha value is -1.53. The van der Waals surface area contributed by atoms with Gasteiger partial charge in [-0.3, -0.25) is 0 Å².